The quantitative estimate of drug-likeness (QED) is 0.302. The first-order valence-corrected chi connectivity index (χ1v) is 10.6. The minimum atomic E-state index is -3.97. The number of hydrogen-bond acceptors (Lipinski definition) is 6. The van der Waals surface area contributed by atoms with Gasteiger partial charge in [0.15, 0.2) is 0 Å². The molecule has 0 unspecified atom stereocenters. The van der Waals surface area contributed by atoms with Crippen LogP contribution in [0.3, 0.4) is 0 Å². The van der Waals surface area contributed by atoms with Crippen LogP contribution >= 0.6 is 11.3 Å². The first-order chi connectivity index (χ1) is 14.3. The smallest absolute Gasteiger partial charge is 0.285 e. The van der Waals surface area contributed by atoms with Gasteiger partial charge in [-0.2, -0.15) is 13.7 Å². The fourth-order valence-electron chi connectivity index (χ4n) is 2.36. The van der Waals surface area contributed by atoms with Gasteiger partial charge in [-0.15, -0.1) is 15.7 Å². The van der Waals surface area contributed by atoms with Gasteiger partial charge in [0.1, 0.15) is 22.5 Å². The van der Waals surface area contributed by atoms with Crippen molar-refractivity contribution in [2.75, 3.05) is 5.32 Å². The topological polar surface area (TPSA) is 147 Å². The Labute approximate surface area is 176 Å². The second kappa shape index (κ2) is 8.73. The molecule has 152 valence electrons. The minimum absolute atomic E-state index is 0.0743. The van der Waals surface area contributed by atoms with Gasteiger partial charge in [0.2, 0.25) is 5.96 Å². The van der Waals surface area contributed by atoms with Gasteiger partial charge in [0, 0.05) is 22.8 Å². The Morgan fingerprint density at radius 1 is 1.17 bits per heavy atom. The Balaban J connectivity index is 1.77. The number of nitrogens with two attached hydrogens (primary N) is 2. The first-order valence-electron chi connectivity index (χ1n) is 8.33. The van der Waals surface area contributed by atoms with E-state index in [9.17, 15) is 18.1 Å². The number of halogens is 1. The third-order valence-electron chi connectivity index (χ3n) is 3.76. The molecule has 0 saturated carbocycles. The van der Waals surface area contributed by atoms with Crippen molar-refractivity contribution in [2.24, 2.45) is 15.9 Å². The summed E-state index contributed by atoms with van der Waals surface area (Å²) < 4.78 is 40.2. The maximum atomic E-state index is 13.1. The van der Waals surface area contributed by atoms with Crippen molar-refractivity contribution in [2.45, 2.75) is 4.90 Å². The van der Waals surface area contributed by atoms with Crippen LogP contribution < -0.4 is 16.8 Å². The van der Waals surface area contributed by atoms with Gasteiger partial charge >= 0.3 is 0 Å². The normalized spacial score (nSPS) is 11.5. The standard InChI is InChI=1S/C19H15FN6O2S2/c20-14-3-1-12(2-4-14)17-11-29-18(25-17)13(9-21)10-24-15-5-7-16(8-6-15)30(27,28)26-19(22)23/h1-8,10-11,24H,(H4,22,23,26). The third kappa shape index (κ3) is 4.99. The van der Waals surface area contributed by atoms with E-state index in [4.69, 9.17) is 11.5 Å². The molecule has 3 rings (SSSR count). The van der Waals surface area contributed by atoms with Crippen LogP contribution in [0.25, 0.3) is 16.8 Å². The lowest BCUT2D eigenvalue weighted by Gasteiger charge is -2.03. The van der Waals surface area contributed by atoms with Crippen LogP contribution in [0.5, 0.6) is 0 Å². The SMILES string of the molecule is N#CC(=CNc1ccc(S(=O)(=O)N=C(N)N)cc1)c1nc(-c2ccc(F)cc2)cs1. The first kappa shape index (κ1) is 21.0. The number of guanidine groups is 1. The monoisotopic (exact) mass is 442 g/mol. The van der Waals surface area contributed by atoms with E-state index >= 15 is 0 Å². The summed E-state index contributed by atoms with van der Waals surface area (Å²) in [6.07, 6.45) is 1.47. The van der Waals surface area contributed by atoms with Gasteiger partial charge in [-0.1, -0.05) is 0 Å². The molecule has 11 heteroatoms. The van der Waals surface area contributed by atoms with Gasteiger partial charge in [-0.3, -0.25) is 0 Å². The van der Waals surface area contributed by atoms with Crippen molar-refractivity contribution in [3.63, 3.8) is 0 Å². The number of nitriles is 1. The summed E-state index contributed by atoms with van der Waals surface area (Å²) in [5.41, 5.74) is 12.4. The molecule has 0 aliphatic heterocycles. The fourth-order valence-corrected chi connectivity index (χ4v) is 4.02. The number of rotatable bonds is 6. The molecular formula is C19H15FN6O2S2. The highest BCUT2D eigenvalue weighted by Gasteiger charge is 2.13. The van der Waals surface area contributed by atoms with Crippen molar-refractivity contribution in [1.82, 2.24) is 4.98 Å². The largest absolute Gasteiger partial charge is 0.369 e. The molecule has 1 heterocycles. The zero-order valence-electron chi connectivity index (χ0n) is 15.3. The summed E-state index contributed by atoms with van der Waals surface area (Å²) >= 11 is 1.27. The van der Waals surface area contributed by atoms with Crippen LogP contribution in [0.4, 0.5) is 10.1 Å². The molecule has 0 amide bonds. The number of hydrogen-bond donors (Lipinski definition) is 3. The predicted octanol–water partition coefficient (Wildman–Crippen LogP) is 2.89. The lowest BCUT2D eigenvalue weighted by molar-refractivity contribution is 0.598. The summed E-state index contributed by atoms with van der Waals surface area (Å²) in [7, 11) is -3.97. The maximum Gasteiger partial charge on any atom is 0.285 e. The highest BCUT2D eigenvalue weighted by molar-refractivity contribution is 7.90. The lowest BCUT2D eigenvalue weighted by atomic mass is 10.2. The van der Waals surface area contributed by atoms with E-state index in [-0.39, 0.29) is 16.3 Å². The van der Waals surface area contributed by atoms with Gasteiger partial charge in [-0.25, -0.2) is 9.37 Å². The number of nitrogens with zero attached hydrogens (tertiary/aromatic N) is 3. The predicted molar refractivity (Wildman–Crippen MR) is 114 cm³/mol. The van der Waals surface area contributed by atoms with E-state index in [0.29, 0.717) is 16.4 Å². The zero-order valence-corrected chi connectivity index (χ0v) is 16.9. The van der Waals surface area contributed by atoms with Gasteiger partial charge in [-0.05, 0) is 48.5 Å². The van der Waals surface area contributed by atoms with E-state index in [0.717, 1.165) is 5.56 Å². The number of benzene rings is 2. The molecule has 8 nitrogen and oxygen atoms in total. The summed E-state index contributed by atoms with van der Waals surface area (Å²) in [4.78, 5) is 4.34. The molecule has 0 fully saturated rings. The van der Waals surface area contributed by atoms with E-state index in [1.165, 1.54) is 53.9 Å². The van der Waals surface area contributed by atoms with Crippen LogP contribution in [-0.4, -0.2) is 19.4 Å². The molecule has 30 heavy (non-hydrogen) atoms. The molecule has 0 spiro atoms. The van der Waals surface area contributed by atoms with E-state index in [1.54, 1.807) is 17.5 Å². The lowest BCUT2D eigenvalue weighted by Crippen LogP contribution is -2.24. The summed E-state index contributed by atoms with van der Waals surface area (Å²) in [6, 6.07) is 13.6. The number of sulfonamides is 1. The van der Waals surface area contributed by atoms with Gasteiger partial charge in [0.05, 0.1) is 10.6 Å². The van der Waals surface area contributed by atoms with E-state index in [1.807, 2.05) is 0 Å². The molecule has 0 saturated heterocycles. The molecular weight excluding hydrogens is 427 g/mol. The molecule has 2 aromatic carbocycles. The Kier molecular flexibility index (Phi) is 6.10. The molecule has 3 aromatic rings. The average molecular weight is 443 g/mol. The molecule has 0 atom stereocenters. The number of thiazole rings is 1. The number of nitrogens with one attached hydrogen (secondary N) is 1. The van der Waals surface area contributed by atoms with Crippen LogP contribution in [-0.2, 0) is 10.0 Å². The number of aromatic nitrogens is 1. The molecule has 5 N–H and O–H groups in total. The van der Waals surface area contributed by atoms with Crippen molar-refractivity contribution in [1.29, 1.82) is 5.26 Å². The van der Waals surface area contributed by atoms with E-state index in [2.05, 4.69) is 20.8 Å². The third-order valence-corrected chi connectivity index (χ3v) is 5.95. The Bertz CT molecular complexity index is 1250. The van der Waals surface area contributed by atoms with Crippen molar-refractivity contribution in [3.05, 3.63) is 70.9 Å². The van der Waals surface area contributed by atoms with Crippen molar-refractivity contribution >= 4 is 38.6 Å². The minimum Gasteiger partial charge on any atom is -0.369 e. The number of anilines is 1. The van der Waals surface area contributed by atoms with Crippen molar-refractivity contribution in [3.8, 4) is 17.3 Å². The molecule has 0 bridgehead atoms. The molecule has 0 aliphatic rings. The van der Waals surface area contributed by atoms with Crippen LogP contribution in [0.2, 0.25) is 0 Å². The second-order valence-corrected chi connectivity index (χ2v) is 8.34. The maximum absolute atomic E-state index is 13.1. The Morgan fingerprint density at radius 2 is 1.83 bits per heavy atom. The van der Waals surface area contributed by atoms with Gasteiger partial charge in [0.25, 0.3) is 10.0 Å². The van der Waals surface area contributed by atoms with Crippen LogP contribution in [0.1, 0.15) is 5.01 Å². The Hall–Kier alpha value is -3.75. The summed E-state index contributed by atoms with van der Waals surface area (Å²) in [6.45, 7) is 0. The van der Waals surface area contributed by atoms with Crippen molar-refractivity contribution < 1.29 is 12.8 Å². The summed E-state index contributed by atoms with van der Waals surface area (Å²) in [5, 5.41) is 14.6. The van der Waals surface area contributed by atoms with Gasteiger partial charge < -0.3 is 16.8 Å². The second-order valence-electron chi connectivity index (χ2n) is 5.87. The summed E-state index contributed by atoms with van der Waals surface area (Å²) in [5.74, 6) is -0.893. The zero-order chi connectivity index (χ0) is 21.7. The molecule has 0 aliphatic carbocycles. The van der Waals surface area contributed by atoms with Crippen LogP contribution in [0, 0.1) is 17.1 Å². The highest BCUT2D eigenvalue weighted by atomic mass is 32.2. The van der Waals surface area contributed by atoms with E-state index < -0.39 is 16.0 Å². The average Bonchev–Trinajstić information content (AvgIpc) is 3.18. The molecule has 0 radical (unpaired) electrons. The number of allylic oxidation sites excluding steroid dienone is 1. The molecule has 1 aromatic heterocycles. The Morgan fingerprint density at radius 3 is 2.43 bits per heavy atom. The fraction of sp³-hybridized carbons (Fsp3) is 0. The highest BCUT2D eigenvalue weighted by Crippen LogP contribution is 2.26. The van der Waals surface area contributed by atoms with Crippen LogP contribution in [0.15, 0.2) is 69.4 Å².